The van der Waals surface area contributed by atoms with Crippen molar-refractivity contribution in [2.75, 3.05) is 48.3 Å². The number of amides is 2. The second kappa shape index (κ2) is 46.4. The molecule has 754 valence electrons. The first-order valence-corrected chi connectivity index (χ1v) is 48.7. The number of nitrogens with one attached hydrogen (secondary N) is 2. The summed E-state index contributed by atoms with van der Waals surface area (Å²) in [6, 6.07) is -0.629. The van der Waals surface area contributed by atoms with Crippen molar-refractivity contribution in [3.63, 3.8) is 0 Å². The Morgan fingerprint density at radius 3 is 1.22 bits per heavy atom. The molecule has 4 bridgehead atoms. The summed E-state index contributed by atoms with van der Waals surface area (Å²) in [5.74, 6) is -5.56. The highest BCUT2D eigenvalue weighted by atomic mass is 16.8. The van der Waals surface area contributed by atoms with Gasteiger partial charge in [0.05, 0.1) is 123 Å². The minimum absolute atomic E-state index is 0.0266. The zero-order valence-corrected chi connectivity index (χ0v) is 82.8. The van der Waals surface area contributed by atoms with Crippen LogP contribution in [0.2, 0.25) is 0 Å². The Kier molecular flexibility index (Phi) is 37.1. The molecule has 40 atom stereocenters. The molecule has 0 saturated carbocycles. The lowest BCUT2D eigenvalue weighted by Gasteiger charge is -2.48. The van der Waals surface area contributed by atoms with Crippen LogP contribution >= 0.6 is 0 Å². The van der Waals surface area contributed by atoms with Gasteiger partial charge in [-0.1, -0.05) is 135 Å². The van der Waals surface area contributed by atoms with Crippen molar-refractivity contribution in [1.82, 2.24) is 10.6 Å². The maximum absolute atomic E-state index is 14.4. The van der Waals surface area contributed by atoms with Gasteiger partial charge in [-0.3, -0.25) is 19.2 Å². The standard InChI is InChI=1S/C50H75NO14.C49H73NO14.C3H8O2/c1-12-26(2)45-29(5)18-19-49(65-45)24-36-21-35(64-49)17-16-28(4)44(27(3)14-13-15-34-25-58-47-43(53)30(6)20-37(48(54)61-36)50(34,47)55)62-41-23-39(57-11)46(32(8)60-41)63-40-22-38(56-10)42(31(7)59-40)51-33(9)52;1-25(2)43-28(5)17-18-48(64-43)23-35-20-34(63-48)16-15-27(4)44(26(3)13-12-14-33-24-57-46-42(52)29(6)19-36(47(53)60-35)49(33,46)54)61-40-22-38(56-11)45(31(8)59-40)62-39-21-37(55-10)41(30(7)58-39)50-32(9)51;1-3(5)2-4/h13-16,18-20,26-27,29,31-32,35-47,53,55H,12,17,21-25H2,1-11H3,(H,51,52);12-15,17-19,25-26,28,30-31,34-46,52,54H,16,20-24H2,1-11H3,(H,50,51);3-5H,2H2,1H3/b14-13+,28-16+,34-15+;13-12+,27-15+,33-14+;/t26-,27-,29-,31-,32-,35+,36-,37-,38-,39-,40-,41-,42+,43+,44-,45+,46-,47+,49+,50+;26-,28-,30-,31-,34+,35-,36-,37-,38-,39-,40-,41+,42+,43+,44-,45-,46+,48+,49+;/m00./s1. The summed E-state index contributed by atoms with van der Waals surface area (Å²) in [6.07, 6.45) is 17.4. The summed E-state index contributed by atoms with van der Waals surface area (Å²) in [5, 5.41) is 69.4. The van der Waals surface area contributed by atoms with Crippen molar-refractivity contribution in [2.45, 2.75) is 403 Å². The average molecular weight is 1890 g/mol. The largest absolute Gasteiger partial charge is 0.462 e. The van der Waals surface area contributed by atoms with Gasteiger partial charge < -0.3 is 136 Å². The maximum Gasteiger partial charge on any atom is 0.316 e. The van der Waals surface area contributed by atoms with Gasteiger partial charge in [0.25, 0.3) is 0 Å². The number of carbonyl (C=O) groups is 4. The summed E-state index contributed by atoms with van der Waals surface area (Å²) in [7, 11) is 6.54. The van der Waals surface area contributed by atoms with Gasteiger partial charge in [-0.2, -0.15) is 0 Å². The van der Waals surface area contributed by atoms with E-state index in [0.29, 0.717) is 73.7 Å². The predicted octanol–water partition coefficient (Wildman–Crippen LogP) is 10.0. The van der Waals surface area contributed by atoms with Crippen molar-refractivity contribution >= 4 is 23.8 Å². The molecule has 0 aromatic heterocycles. The average Bonchev–Trinajstić information content (AvgIpc) is 1.58. The van der Waals surface area contributed by atoms with Crippen LogP contribution in [0.1, 0.15) is 202 Å². The number of aliphatic hydroxyl groups excluding tert-OH is 4. The van der Waals surface area contributed by atoms with E-state index in [1.54, 1.807) is 66.6 Å². The fourth-order valence-electron chi connectivity index (χ4n) is 21.9. The highest BCUT2D eigenvalue weighted by Crippen LogP contribution is 2.51. The second-order valence-corrected chi connectivity index (χ2v) is 40.3. The molecule has 14 aliphatic rings. The zero-order valence-electron chi connectivity index (χ0n) is 82.8. The SMILES string of the molecule is CC(O)CO.CC[C@H](C)[C@H]1O[C@]2(C=C[C@@H]1C)C[C@@H]1C[C@@H](C/C=C(\C)[C@@H](O[C@H]3C[C@H](OC)[C@@H](O[C@H]4C[C@H](OC)[C@H](NC(C)=O)[C@H](C)O4)[C@H](C)O3)[C@@H](C)/C=C/C=C3\CO[C@@H]4[C@H](O)C(C)=C[C@@H](C(=O)O1)[C@]34O)O2.CO[C@H]1C[C@H](O[C@H]2[C@H](C)O[C@@H](O[C@@H]3/C(C)=C/C[C@@H]4C[C@@H](C[C@]5(C=C[C@H](C)[C@@H](C(C)C)O5)O4)OC(=O)[C@@H]4C=C(C)[C@@H](O)[C@H]5OC/C(=C\C=C\[C@@H]3C)[C@]54O)C[C@@H]2OC)O[C@@H](C)[C@H]1NC(C)=O. The molecule has 14 rings (SSSR count). The van der Waals surface area contributed by atoms with Crippen molar-refractivity contribution in [1.29, 1.82) is 0 Å². The number of hydrogen-bond donors (Lipinski definition) is 8. The molecule has 12 aliphatic heterocycles. The van der Waals surface area contributed by atoms with Gasteiger partial charge in [-0.15, -0.1) is 0 Å². The first-order valence-electron chi connectivity index (χ1n) is 48.7. The van der Waals surface area contributed by atoms with Crippen LogP contribution in [-0.4, -0.2) is 303 Å². The number of esters is 2. The first kappa shape index (κ1) is 107. The van der Waals surface area contributed by atoms with Crippen LogP contribution in [0.3, 0.4) is 0 Å². The van der Waals surface area contributed by atoms with E-state index in [1.807, 2.05) is 78.0 Å². The Hall–Kier alpha value is -5.68. The zero-order chi connectivity index (χ0) is 97.5. The minimum atomic E-state index is -1.84. The van der Waals surface area contributed by atoms with E-state index < -0.39 is 175 Å². The van der Waals surface area contributed by atoms with E-state index in [1.165, 1.54) is 20.8 Å². The topological polar surface area (TPSA) is 398 Å². The number of methoxy groups -OCH3 is 4. The van der Waals surface area contributed by atoms with E-state index in [9.17, 15) is 39.6 Å². The van der Waals surface area contributed by atoms with Crippen LogP contribution in [0.25, 0.3) is 0 Å². The van der Waals surface area contributed by atoms with Gasteiger partial charge in [-0.25, -0.2) is 0 Å². The predicted molar refractivity (Wildman–Crippen MR) is 492 cm³/mol. The Balaban J connectivity index is 0.000000230. The molecule has 2 amide bonds. The highest BCUT2D eigenvalue weighted by Gasteiger charge is 2.63. The van der Waals surface area contributed by atoms with E-state index >= 15 is 0 Å². The van der Waals surface area contributed by atoms with Gasteiger partial charge in [0.15, 0.2) is 36.7 Å². The molecule has 2 spiro atoms. The number of aliphatic hydroxyl groups is 6. The van der Waals surface area contributed by atoms with E-state index in [-0.39, 0.29) is 129 Å². The maximum atomic E-state index is 14.4. The number of rotatable bonds is 18. The highest BCUT2D eigenvalue weighted by molar-refractivity contribution is 5.80. The van der Waals surface area contributed by atoms with Crippen molar-refractivity contribution in [3.05, 3.63) is 119 Å². The molecule has 134 heavy (non-hydrogen) atoms. The van der Waals surface area contributed by atoms with Gasteiger partial charge in [0.1, 0.15) is 71.9 Å². The third-order valence-corrected chi connectivity index (χ3v) is 29.6. The third-order valence-electron chi connectivity index (χ3n) is 29.6. The van der Waals surface area contributed by atoms with Gasteiger partial charge in [0, 0.05) is 117 Å². The van der Waals surface area contributed by atoms with Crippen LogP contribution in [0, 0.1) is 47.3 Å². The normalized spacial score (nSPS) is 46.2. The monoisotopic (exact) mass is 1890 g/mol. The molecular formula is C102H156N2O30. The lowest BCUT2D eigenvalue weighted by atomic mass is 9.71. The Morgan fingerprint density at radius 1 is 0.493 bits per heavy atom. The fraction of sp³-hybridized carbons (Fsp3) is 0.765. The van der Waals surface area contributed by atoms with Crippen LogP contribution in [-0.2, 0) is 114 Å². The third kappa shape index (κ3) is 24.5. The van der Waals surface area contributed by atoms with E-state index in [0.717, 1.165) is 17.6 Å². The number of carbonyl (C=O) groups excluding carboxylic acids is 4. The first-order chi connectivity index (χ1) is 63.5. The van der Waals surface area contributed by atoms with Crippen LogP contribution < -0.4 is 10.6 Å². The van der Waals surface area contributed by atoms with Gasteiger partial charge in [0.2, 0.25) is 11.8 Å². The summed E-state index contributed by atoms with van der Waals surface area (Å²) in [4.78, 5) is 52.5. The molecule has 8 N–H and O–H groups in total. The van der Waals surface area contributed by atoms with E-state index in [2.05, 4.69) is 90.3 Å². The second-order valence-electron chi connectivity index (χ2n) is 40.3. The number of fused-ring (bicyclic) bond motifs is 4. The summed E-state index contributed by atoms with van der Waals surface area (Å²) in [6.45, 7) is 36.6. The quantitative estimate of drug-likeness (QED) is 0.0467. The molecule has 1 unspecified atom stereocenters. The Labute approximate surface area is 791 Å². The molecular weight excluding hydrogens is 1730 g/mol. The van der Waals surface area contributed by atoms with Crippen LogP contribution in [0.5, 0.6) is 0 Å². The molecule has 8 fully saturated rings. The Bertz CT molecular complexity index is 4270. The van der Waals surface area contributed by atoms with Gasteiger partial charge in [-0.05, 0) is 133 Å². The number of hydrogen-bond acceptors (Lipinski definition) is 30. The number of allylic oxidation sites excluding steroid dienone is 4. The molecule has 0 aromatic carbocycles. The van der Waals surface area contributed by atoms with Crippen molar-refractivity contribution < 1.29 is 145 Å². The minimum Gasteiger partial charge on any atom is -0.462 e. The van der Waals surface area contributed by atoms with Crippen LogP contribution in [0.15, 0.2) is 119 Å². The number of ether oxygens (including phenoxy) is 20. The molecule has 32 heteroatoms. The molecule has 8 saturated heterocycles. The smallest absolute Gasteiger partial charge is 0.316 e. The molecule has 32 nitrogen and oxygen atoms in total. The molecule has 2 aliphatic carbocycles. The Morgan fingerprint density at radius 2 is 0.858 bits per heavy atom. The molecule has 0 radical (unpaired) electrons. The van der Waals surface area contributed by atoms with Crippen molar-refractivity contribution in [3.8, 4) is 0 Å². The lowest BCUT2D eigenvalue weighted by molar-refractivity contribution is -0.311. The molecule has 12 heterocycles. The summed E-state index contributed by atoms with van der Waals surface area (Å²) in [5.41, 5.74) is 0.228. The van der Waals surface area contributed by atoms with Gasteiger partial charge >= 0.3 is 11.9 Å². The molecule has 0 aromatic rings. The summed E-state index contributed by atoms with van der Waals surface area (Å²) < 4.78 is 129. The fourth-order valence-corrected chi connectivity index (χ4v) is 21.9. The lowest BCUT2D eigenvalue weighted by Crippen LogP contribution is -2.58. The van der Waals surface area contributed by atoms with Crippen molar-refractivity contribution in [2.24, 2.45) is 47.3 Å². The van der Waals surface area contributed by atoms with Crippen LogP contribution in [0.4, 0.5) is 0 Å². The summed E-state index contributed by atoms with van der Waals surface area (Å²) >= 11 is 0. The van der Waals surface area contributed by atoms with E-state index in [4.69, 9.17) is 105 Å².